The van der Waals surface area contributed by atoms with Crippen LogP contribution in [0.5, 0.6) is 11.5 Å². The van der Waals surface area contributed by atoms with Crippen molar-refractivity contribution in [3.63, 3.8) is 0 Å². The first-order valence-electron chi connectivity index (χ1n) is 11.2. The van der Waals surface area contributed by atoms with E-state index in [0.717, 1.165) is 40.0 Å². The van der Waals surface area contributed by atoms with Crippen molar-refractivity contribution in [1.82, 2.24) is 10.3 Å². The van der Waals surface area contributed by atoms with Gasteiger partial charge in [-0.15, -0.1) is 0 Å². The number of anilines is 1. The monoisotopic (exact) mass is 471 g/mol. The van der Waals surface area contributed by atoms with Crippen molar-refractivity contribution in [3.8, 4) is 22.8 Å². The number of pyridine rings is 1. The van der Waals surface area contributed by atoms with Gasteiger partial charge in [0.15, 0.2) is 5.11 Å². The van der Waals surface area contributed by atoms with Crippen molar-refractivity contribution in [2.24, 2.45) is 0 Å². The normalized spacial score (nSPS) is 17.5. The van der Waals surface area contributed by atoms with Crippen molar-refractivity contribution in [3.05, 3.63) is 96.5 Å². The van der Waals surface area contributed by atoms with Crippen LogP contribution in [0.4, 0.5) is 5.69 Å². The fourth-order valence-electron chi connectivity index (χ4n) is 4.28. The summed E-state index contributed by atoms with van der Waals surface area (Å²) in [6.07, 6.45) is 1.79. The molecule has 2 aromatic carbocycles. The average molecular weight is 472 g/mol. The van der Waals surface area contributed by atoms with Crippen molar-refractivity contribution < 1.29 is 13.9 Å². The van der Waals surface area contributed by atoms with Gasteiger partial charge in [0.2, 0.25) is 0 Å². The predicted molar refractivity (Wildman–Crippen MR) is 136 cm³/mol. The second-order valence-corrected chi connectivity index (χ2v) is 8.21. The van der Waals surface area contributed by atoms with E-state index in [1.165, 1.54) is 0 Å². The summed E-state index contributed by atoms with van der Waals surface area (Å²) in [4.78, 5) is 6.65. The van der Waals surface area contributed by atoms with Crippen LogP contribution in [-0.2, 0) is 0 Å². The lowest BCUT2D eigenvalue weighted by molar-refractivity contribution is 0.340. The van der Waals surface area contributed by atoms with Gasteiger partial charge in [0, 0.05) is 11.8 Å². The molecule has 1 aliphatic rings. The van der Waals surface area contributed by atoms with Crippen LogP contribution >= 0.6 is 12.2 Å². The Morgan fingerprint density at radius 3 is 2.53 bits per heavy atom. The highest BCUT2D eigenvalue weighted by Crippen LogP contribution is 2.45. The molecule has 1 N–H and O–H groups in total. The molecule has 1 fully saturated rings. The highest BCUT2D eigenvalue weighted by Gasteiger charge is 2.43. The number of hydrogen-bond donors (Lipinski definition) is 1. The van der Waals surface area contributed by atoms with E-state index < -0.39 is 0 Å². The number of furan rings is 1. The summed E-state index contributed by atoms with van der Waals surface area (Å²) in [5.41, 5.74) is 2.72. The minimum absolute atomic E-state index is 0.196. The maximum atomic E-state index is 6.43. The van der Waals surface area contributed by atoms with E-state index >= 15 is 0 Å². The zero-order chi connectivity index (χ0) is 23.5. The van der Waals surface area contributed by atoms with Crippen molar-refractivity contribution >= 4 is 23.0 Å². The SMILES string of the molecule is CCOc1ccc(-c2ccc([C@@H]3[C@H](c4ccccn4)NC(=S)N3c3ccccc3OC)o2)cc1. The van der Waals surface area contributed by atoms with Gasteiger partial charge in [0.05, 0.1) is 31.1 Å². The maximum Gasteiger partial charge on any atom is 0.174 e. The van der Waals surface area contributed by atoms with Gasteiger partial charge in [0.1, 0.15) is 29.1 Å². The standard InChI is InChI=1S/C27H25N3O3S/c1-3-32-19-13-11-18(12-14-19)22-15-16-24(33-22)26-25(20-8-6-7-17-28-20)29-27(34)30(26)21-9-4-5-10-23(21)31-2/h4-17,25-26H,3H2,1-2H3,(H,29,34)/t25-,26+/m0/s1. The molecule has 4 aromatic rings. The Morgan fingerprint density at radius 1 is 1.00 bits per heavy atom. The number of methoxy groups -OCH3 is 1. The molecule has 7 heteroatoms. The molecule has 1 aliphatic heterocycles. The van der Waals surface area contributed by atoms with Crippen LogP contribution in [0, 0.1) is 0 Å². The third-order valence-electron chi connectivity index (χ3n) is 5.81. The molecule has 0 unspecified atom stereocenters. The number of aromatic nitrogens is 1. The first kappa shape index (κ1) is 22.0. The maximum absolute atomic E-state index is 6.43. The lowest BCUT2D eigenvalue weighted by Crippen LogP contribution is -2.29. The number of para-hydroxylation sites is 2. The molecule has 5 rings (SSSR count). The van der Waals surface area contributed by atoms with Gasteiger partial charge in [-0.1, -0.05) is 18.2 Å². The Morgan fingerprint density at radius 2 is 1.79 bits per heavy atom. The Bertz CT molecular complexity index is 1270. The molecule has 172 valence electrons. The van der Waals surface area contributed by atoms with Gasteiger partial charge in [0.25, 0.3) is 0 Å². The summed E-state index contributed by atoms with van der Waals surface area (Å²) in [7, 11) is 1.66. The Labute approximate surface area is 204 Å². The second-order valence-electron chi connectivity index (χ2n) is 7.83. The number of hydrogen-bond acceptors (Lipinski definition) is 5. The van der Waals surface area contributed by atoms with E-state index in [0.29, 0.717) is 11.7 Å². The summed E-state index contributed by atoms with van der Waals surface area (Å²) < 4.78 is 17.6. The number of rotatable bonds is 7. The first-order chi connectivity index (χ1) is 16.7. The number of thiocarbonyl (C=S) groups is 1. The highest BCUT2D eigenvalue weighted by atomic mass is 32.1. The van der Waals surface area contributed by atoms with Crippen LogP contribution in [0.2, 0.25) is 0 Å². The molecule has 1 saturated heterocycles. The summed E-state index contributed by atoms with van der Waals surface area (Å²) in [6, 6.07) is 25.2. The van der Waals surface area contributed by atoms with E-state index in [1.807, 2.05) is 90.7 Å². The average Bonchev–Trinajstić information content (AvgIpc) is 3.50. The lowest BCUT2D eigenvalue weighted by Gasteiger charge is -2.27. The van der Waals surface area contributed by atoms with Crippen LogP contribution in [0.1, 0.15) is 30.5 Å². The van der Waals surface area contributed by atoms with Crippen LogP contribution in [0.25, 0.3) is 11.3 Å². The van der Waals surface area contributed by atoms with Gasteiger partial charge in [-0.2, -0.15) is 0 Å². The fraction of sp³-hybridized carbons (Fsp3) is 0.185. The van der Waals surface area contributed by atoms with E-state index in [1.54, 1.807) is 13.3 Å². The Kier molecular flexibility index (Phi) is 6.18. The molecule has 0 spiro atoms. The number of nitrogens with one attached hydrogen (secondary N) is 1. The van der Waals surface area contributed by atoms with Crippen LogP contribution in [-0.4, -0.2) is 23.8 Å². The van der Waals surface area contributed by atoms with Crippen LogP contribution in [0.15, 0.2) is 89.5 Å². The fourth-order valence-corrected chi connectivity index (χ4v) is 4.62. The molecule has 2 aromatic heterocycles. The third-order valence-corrected chi connectivity index (χ3v) is 6.13. The summed E-state index contributed by atoms with van der Waals surface area (Å²) in [6.45, 7) is 2.60. The molecule has 0 amide bonds. The molecular formula is C27H25N3O3S. The van der Waals surface area contributed by atoms with Crippen molar-refractivity contribution in [1.29, 1.82) is 0 Å². The molecule has 0 aliphatic carbocycles. The zero-order valence-electron chi connectivity index (χ0n) is 19.0. The molecule has 2 atom stereocenters. The van der Waals surface area contributed by atoms with Gasteiger partial charge in [-0.3, -0.25) is 4.98 Å². The Balaban J connectivity index is 1.57. The largest absolute Gasteiger partial charge is 0.495 e. The van der Waals surface area contributed by atoms with E-state index in [2.05, 4.69) is 10.3 Å². The number of benzene rings is 2. The quantitative estimate of drug-likeness (QED) is 0.335. The smallest absolute Gasteiger partial charge is 0.174 e. The van der Waals surface area contributed by atoms with Gasteiger partial charge in [-0.25, -0.2) is 0 Å². The summed E-state index contributed by atoms with van der Waals surface area (Å²) in [5, 5.41) is 4.04. The predicted octanol–water partition coefficient (Wildman–Crippen LogP) is 5.93. The third kappa shape index (κ3) is 4.10. The summed E-state index contributed by atoms with van der Waals surface area (Å²) in [5.74, 6) is 3.12. The van der Waals surface area contributed by atoms with Crippen LogP contribution < -0.4 is 19.7 Å². The molecule has 0 saturated carbocycles. The molecule has 34 heavy (non-hydrogen) atoms. The van der Waals surface area contributed by atoms with Crippen molar-refractivity contribution in [2.75, 3.05) is 18.6 Å². The number of ether oxygens (including phenoxy) is 2. The highest BCUT2D eigenvalue weighted by molar-refractivity contribution is 7.80. The van der Waals surface area contributed by atoms with E-state index in [4.69, 9.17) is 26.1 Å². The van der Waals surface area contributed by atoms with Gasteiger partial charge >= 0.3 is 0 Å². The van der Waals surface area contributed by atoms with E-state index in [-0.39, 0.29) is 12.1 Å². The molecular weight excluding hydrogens is 446 g/mol. The van der Waals surface area contributed by atoms with Gasteiger partial charge < -0.3 is 24.1 Å². The zero-order valence-corrected chi connectivity index (χ0v) is 19.8. The van der Waals surface area contributed by atoms with Crippen molar-refractivity contribution in [2.45, 2.75) is 19.0 Å². The van der Waals surface area contributed by atoms with Gasteiger partial charge in [-0.05, 0) is 79.8 Å². The first-order valence-corrected chi connectivity index (χ1v) is 11.6. The molecule has 3 heterocycles. The summed E-state index contributed by atoms with van der Waals surface area (Å²) >= 11 is 5.80. The van der Waals surface area contributed by atoms with Crippen LogP contribution in [0.3, 0.4) is 0 Å². The second kappa shape index (κ2) is 9.57. The lowest BCUT2D eigenvalue weighted by atomic mass is 10.0. The molecule has 0 bridgehead atoms. The topological polar surface area (TPSA) is 59.8 Å². The minimum Gasteiger partial charge on any atom is -0.495 e. The molecule has 0 radical (unpaired) electrons. The minimum atomic E-state index is -0.254. The number of nitrogens with zero attached hydrogens (tertiary/aromatic N) is 2. The van der Waals surface area contributed by atoms with E-state index in [9.17, 15) is 0 Å². The Hall–Kier alpha value is -3.84. The molecule has 6 nitrogen and oxygen atoms in total.